The van der Waals surface area contributed by atoms with Crippen molar-refractivity contribution in [2.75, 3.05) is 31.3 Å². The van der Waals surface area contributed by atoms with Crippen LogP contribution in [0.25, 0.3) is 27.5 Å². The predicted molar refractivity (Wildman–Crippen MR) is 183 cm³/mol. The van der Waals surface area contributed by atoms with E-state index in [0.29, 0.717) is 22.0 Å². The van der Waals surface area contributed by atoms with Crippen molar-refractivity contribution in [2.24, 2.45) is 7.05 Å². The molecule has 4 heterocycles. The van der Waals surface area contributed by atoms with Crippen molar-refractivity contribution in [1.82, 2.24) is 24.4 Å². The number of benzene rings is 2. The summed E-state index contributed by atoms with van der Waals surface area (Å²) >= 11 is 0. The Morgan fingerprint density at radius 1 is 1.16 bits per heavy atom. The first-order valence-corrected chi connectivity index (χ1v) is 16.1. The topological polar surface area (TPSA) is 121 Å². The van der Waals surface area contributed by atoms with Crippen molar-refractivity contribution in [3.63, 3.8) is 0 Å². The summed E-state index contributed by atoms with van der Waals surface area (Å²) in [7, 11) is 1.54. The maximum atomic E-state index is 15.7. The van der Waals surface area contributed by atoms with Gasteiger partial charge < -0.3 is 19.7 Å². The van der Waals surface area contributed by atoms with Crippen molar-refractivity contribution in [3.05, 3.63) is 117 Å². The minimum atomic E-state index is -4.61. The van der Waals surface area contributed by atoms with Gasteiger partial charge in [-0.2, -0.15) is 13.2 Å². The maximum absolute atomic E-state index is 15.7. The van der Waals surface area contributed by atoms with Crippen molar-refractivity contribution in [1.29, 1.82) is 0 Å². The van der Waals surface area contributed by atoms with Gasteiger partial charge in [0.15, 0.2) is 0 Å². The van der Waals surface area contributed by atoms with Gasteiger partial charge >= 0.3 is 11.9 Å². The molecule has 5 aromatic rings. The lowest BCUT2D eigenvalue weighted by molar-refractivity contribution is -0.167. The molecule has 0 unspecified atom stereocenters. The first-order chi connectivity index (χ1) is 24.3. The number of anilines is 1. The first-order valence-electron chi connectivity index (χ1n) is 16.1. The van der Waals surface area contributed by atoms with Gasteiger partial charge in [-0.1, -0.05) is 18.7 Å². The smallest absolute Gasteiger partial charge is 0.411 e. The largest absolute Gasteiger partial charge is 0.497 e. The molecule has 0 radical (unpaired) electrons. The van der Waals surface area contributed by atoms with E-state index >= 15 is 4.39 Å². The van der Waals surface area contributed by atoms with Gasteiger partial charge in [-0.15, -0.1) is 0 Å². The lowest BCUT2D eigenvalue weighted by Gasteiger charge is -2.38. The van der Waals surface area contributed by atoms with E-state index in [1.807, 2.05) is 0 Å². The fourth-order valence-corrected chi connectivity index (χ4v) is 6.43. The molecule has 11 nitrogen and oxygen atoms in total. The molecule has 0 spiro atoms. The van der Waals surface area contributed by atoms with Crippen LogP contribution in [0.1, 0.15) is 28.4 Å². The molecular formula is C36H34F4N6O5. The highest BCUT2D eigenvalue weighted by Gasteiger charge is 2.45. The molecular weight excluding hydrogens is 672 g/mol. The monoisotopic (exact) mass is 706 g/mol. The number of aromatic nitrogens is 4. The normalized spacial score (nSPS) is 15.6. The third-order valence-corrected chi connectivity index (χ3v) is 8.94. The Labute approximate surface area is 288 Å². The molecule has 1 N–H and O–H groups in total. The summed E-state index contributed by atoms with van der Waals surface area (Å²) in [6.07, 6.45) is -0.0893. The van der Waals surface area contributed by atoms with Crippen LogP contribution in [0.3, 0.4) is 0 Å². The zero-order chi connectivity index (χ0) is 36.6. The second-order valence-electron chi connectivity index (χ2n) is 12.1. The van der Waals surface area contributed by atoms with Gasteiger partial charge in [0.1, 0.15) is 17.6 Å². The van der Waals surface area contributed by atoms with Crippen LogP contribution >= 0.6 is 0 Å². The molecule has 266 valence electrons. The van der Waals surface area contributed by atoms with Crippen LogP contribution in [0.2, 0.25) is 0 Å². The molecule has 0 bridgehead atoms. The fraction of sp³-hybridized carbons (Fsp3) is 0.306. The Hall–Kier alpha value is -5.57. The summed E-state index contributed by atoms with van der Waals surface area (Å²) in [6, 6.07) is 7.67. The molecule has 51 heavy (non-hydrogen) atoms. The first kappa shape index (κ1) is 35.3. The number of nitrogens with one attached hydrogen (secondary N) is 1. The van der Waals surface area contributed by atoms with Crippen LogP contribution in [-0.4, -0.2) is 69.6 Å². The third-order valence-electron chi connectivity index (χ3n) is 8.94. The third kappa shape index (κ3) is 6.68. The number of hydrogen-bond donors (Lipinski definition) is 1. The minimum absolute atomic E-state index is 0.0153. The highest BCUT2D eigenvalue weighted by Crippen LogP contribution is 2.33. The SMILES string of the molecule is C=C(OCC)[C@H](Cc1ccc(-n2c(=O)c3ccncc3n(C)c2=O)c2ncccc12)NC(=O)c1c(C)cc(N2CCOC[C@@H]2C(F)(F)F)cc1F. The van der Waals surface area contributed by atoms with Crippen LogP contribution < -0.4 is 21.5 Å². The van der Waals surface area contributed by atoms with Gasteiger partial charge in [-0.25, -0.2) is 13.8 Å². The molecule has 0 aliphatic carbocycles. The second kappa shape index (κ2) is 14.0. The quantitative estimate of drug-likeness (QED) is 0.173. The number of ether oxygens (including phenoxy) is 2. The van der Waals surface area contributed by atoms with Gasteiger partial charge in [-0.3, -0.25) is 24.1 Å². The zero-order valence-corrected chi connectivity index (χ0v) is 28.0. The van der Waals surface area contributed by atoms with E-state index < -0.39 is 47.8 Å². The van der Waals surface area contributed by atoms with Gasteiger partial charge in [0.25, 0.3) is 11.5 Å². The van der Waals surface area contributed by atoms with E-state index in [4.69, 9.17) is 9.47 Å². The number of halogens is 4. The van der Waals surface area contributed by atoms with Crippen LogP contribution in [0.15, 0.2) is 83.0 Å². The number of amides is 1. The Kier molecular flexibility index (Phi) is 9.66. The van der Waals surface area contributed by atoms with Crippen LogP contribution in [0, 0.1) is 12.7 Å². The molecule has 15 heteroatoms. The number of morpholine rings is 1. The van der Waals surface area contributed by atoms with E-state index in [9.17, 15) is 27.6 Å². The summed E-state index contributed by atoms with van der Waals surface area (Å²) in [5, 5.41) is 3.64. The fourth-order valence-electron chi connectivity index (χ4n) is 6.43. The Morgan fingerprint density at radius 3 is 2.67 bits per heavy atom. The molecule has 1 aliphatic rings. The molecule has 2 atom stereocenters. The molecule has 1 saturated heterocycles. The van der Waals surface area contributed by atoms with Crippen molar-refractivity contribution < 1.29 is 31.8 Å². The number of rotatable bonds is 9. The van der Waals surface area contributed by atoms with E-state index in [2.05, 4.69) is 21.9 Å². The lowest BCUT2D eigenvalue weighted by atomic mass is 9.98. The van der Waals surface area contributed by atoms with E-state index in [1.165, 1.54) is 42.2 Å². The Bertz CT molecular complexity index is 2260. The number of carbonyl (C=O) groups excluding carboxylic acids is 1. The Morgan fingerprint density at radius 2 is 1.94 bits per heavy atom. The minimum Gasteiger partial charge on any atom is -0.497 e. The number of nitrogens with zero attached hydrogens (tertiary/aromatic N) is 5. The number of alkyl halides is 3. The van der Waals surface area contributed by atoms with Gasteiger partial charge in [0.05, 0.1) is 59.7 Å². The van der Waals surface area contributed by atoms with Gasteiger partial charge in [-0.05, 0) is 55.3 Å². The number of hydrogen-bond acceptors (Lipinski definition) is 8. The molecule has 2 aromatic carbocycles. The standard InChI is InChI=1S/C36H34F4N6O5/c1-5-51-21(3)27(43-33(47)31-20(2)15-23(17-26(31)37)45-13-14-50-19-30(45)36(38,39)40)16-22-8-9-28(32-24(22)7-6-11-42-32)46-34(48)25-10-12-41-18-29(25)44(4)35(46)49/h6-12,15,17-18,27,30H,3,5,13-14,16,19H2,1-2,4H3,(H,43,47)/t27-,30+/m0/s1. The lowest BCUT2D eigenvalue weighted by Crippen LogP contribution is -2.53. The molecule has 1 aliphatic heterocycles. The summed E-state index contributed by atoms with van der Waals surface area (Å²) in [6.45, 7) is 6.73. The second-order valence-corrected chi connectivity index (χ2v) is 12.1. The van der Waals surface area contributed by atoms with E-state index in [1.54, 1.807) is 38.2 Å². The zero-order valence-electron chi connectivity index (χ0n) is 28.0. The van der Waals surface area contributed by atoms with Crippen molar-refractivity contribution in [2.45, 2.75) is 38.5 Å². The molecule has 1 amide bonds. The summed E-state index contributed by atoms with van der Waals surface area (Å²) in [4.78, 5) is 50.3. The molecule has 1 fully saturated rings. The van der Waals surface area contributed by atoms with Crippen LogP contribution in [0.5, 0.6) is 0 Å². The van der Waals surface area contributed by atoms with E-state index in [-0.39, 0.29) is 59.8 Å². The number of fused-ring (bicyclic) bond motifs is 2. The number of carbonyl (C=O) groups is 1. The van der Waals surface area contributed by atoms with E-state index in [0.717, 1.165) is 15.5 Å². The summed E-state index contributed by atoms with van der Waals surface area (Å²) < 4.78 is 69.9. The number of aryl methyl sites for hydroxylation is 2. The molecule has 0 saturated carbocycles. The van der Waals surface area contributed by atoms with Gasteiger partial charge in [0, 0.05) is 43.5 Å². The highest BCUT2D eigenvalue weighted by atomic mass is 19.4. The maximum Gasteiger partial charge on any atom is 0.411 e. The molecule has 3 aromatic heterocycles. The highest BCUT2D eigenvalue weighted by molar-refractivity contribution is 5.97. The Balaban J connectivity index is 1.35. The summed E-state index contributed by atoms with van der Waals surface area (Å²) in [5.41, 5.74) is 0.234. The van der Waals surface area contributed by atoms with Crippen LogP contribution in [0.4, 0.5) is 23.2 Å². The van der Waals surface area contributed by atoms with Gasteiger partial charge in [0.2, 0.25) is 0 Å². The molecule has 6 rings (SSSR count). The summed E-state index contributed by atoms with van der Waals surface area (Å²) in [5.74, 6) is -1.64. The van der Waals surface area contributed by atoms with Crippen molar-refractivity contribution >= 4 is 33.4 Å². The van der Waals surface area contributed by atoms with Crippen LogP contribution in [-0.2, 0) is 22.9 Å². The predicted octanol–water partition coefficient (Wildman–Crippen LogP) is 4.74. The average molecular weight is 707 g/mol. The average Bonchev–Trinajstić information content (AvgIpc) is 3.10. The van der Waals surface area contributed by atoms with Crippen molar-refractivity contribution in [3.8, 4) is 5.69 Å². The number of pyridine rings is 2.